The van der Waals surface area contributed by atoms with E-state index in [1.165, 1.54) is 0 Å². The zero-order valence-corrected chi connectivity index (χ0v) is 8.53. The van der Waals surface area contributed by atoms with Crippen LogP contribution in [0.15, 0.2) is 30.3 Å². The molecule has 0 aliphatic carbocycles. The standard InChI is InChI=1S/C12H12N2O/c1-2-10-9(12(13)15)7-8-5-3-4-6-11(8)14-10/h3-7H,2H2,1H3,(H2,13,15). The van der Waals surface area contributed by atoms with Crippen LogP contribution in [0.4, 0.5) is 0 Å². The maximum absolute atomic E-state index is 11.2. The Morgan fingerprint density at radius 3 is 2.80 bits per heavy atom. The van der Waals surface area contributed by atoms with Crippen LogP contribution in [0.5, 0.6) is 0 Å². The molecule has 0 fully saturated rings. The van der Waals surface area contributed by atoms with Crippen molar-refractivity contribution in [1.82, 2.24) is 4.98 Å². The highest BCUT2D eigenvalue weighted by Gasteiger charge is 2.09. The first kappa shape index (κ1) is 9.65. The fourth-order valence-corrected chi connectivity index (χ4v) is 1.64. The first-order chi connectivity index (χ1) is 7.22. The van der Waals surface area contributed by atoms with Crippen molar-refractivity contribution in [2.75, 3.05) is 0 Å². The number of aryl methyl sites for hydroxylation is 1. The fraction of sp³-hybridized carbons (Fsp3) is 0.167. The monoisotopic (exact) mass is 200 g/mol. The smallest absolute Gasteiger partial charge is 0.250 e. The summed E-state index contributed by atoms with van der Waals surface area (Å²) in [6.07, 6.45) is 0.711. The maximum Gasteiger partial charge on any atom is 0.250 e. The van der Waals surface area contributed by atoms with Gasteiger partial charge in [-0.15, -0.1) is 0 Å². The molecule has 0 saturated carbocycles. The van der Waals surface area contributed by atoms with E-state index in [0.29, 0.717) is 12.0 Å². The Kier molecular flexibility index (Phi) is 2.37. The minimum absolute atomic E-state index is 0.412. The summed E-state index contributed by atoms with van der Waals surface area (Å²) in [5, 5.41) is 0.948. The largest absolute Gasteiger partial charge is 0.366 e. The number of fused-ring (bicyclic) bond motifs is 1. The summed E-state index contributed by atoms with van der Waals surface area (Å²) in [7, 11) is 0. The molecular weight excluding hydrogens is 188 g/mol. The summed E-state index contributed by atoms with van der Waals surface area (Å²) in [5.41, 5.74) is 7.49. The SMILES string of the molecule is CCc1nc2ccccc2cc1C(N)=O. The quantitative estimate of drug-likeness (QED) is 0.804. The van der Waals surface area contributed by atoms with E-state index in [-0.39, 0.29) is 0 Å². The number of nitrogens with two attached hydrogens (primary N) is 1. The van der Waals surface area contributed by atoms with Gasteiger partial charge in [0.2, 0.25) is 0 Å². The van der Waals surface area contributed by atoms with Crippen molar-refractivity contribution in [3.05, 3.63) is 41.6 Å². The first-order valence-corrected chi connectivity index (χ1v) is 4.91. The Hall–Kier alpha value is -1.90. The van der Waals surface area contributed by atoms with Gasteiger partial charge in [0, 0.05) is 5.39 Å². The number of para-hydroxylation sites is 1. The lowest BCUT2D eigenvalue weighted by atomic mass is 10.1. The van der Waals surface area contributed by atoms with Crippen molar-refractivity contribution in [3.8, 4) is 0 Å². The number of carbonyl (C=O) groups is 1. The van der Waals surface area contributed by atoms with Gasteiger partial charge in [0.15, 0.2) is 0 Å². The van der Waals surface area contributed by atoms with Gasteiger partial charge in [-0.2, -0.15) is 0 Å². The van der Waals surface area contributed by atoms with Crippen LogP contribution in [0.2, 0.25) is 0 Å². The van der Waals surface area contributed by atoms with Gasteiger partial charge >= 0.3 is 0 Å². The van der Waals surface area contributed by atoms with E-state index >= 15 is 0 Å². The number of aromatic nitrogens is 1. The van der Waals surface area contributed by atoms with E-state index in [1.54, 1.807) is 0 Å². The van der Waals surface area contributed by atoms with Crippen LogP contribution in [0, 0.1) is 0 Å². The molecule has 3 heteroatoms. The predicted molar refractivity (Wildman–Crippen MR) is 59.6 cm³/mol. The van der Waals surface area contributed by atoms with Gasteiger partial charge in [-0.3, -0.25) is 9.78 Å². The van der Waals surface area contributed by atoms with Gasteiger partial charge in [-0.05, 0) is 18.6 Å². The van der Waals surface area contributed by atoms with Crippen LogP contribution in [0.1, 0.15) is 23.0 Å². The molecule has 2 aromatic rings. The van der Waals surface area contributed by atoms with Crippen LogP contribution in [-0.2, 0) is 6.42 Å². The number of primary amides is 1. The van der Waals surface area contributed by atoms with Crippen LogP contribution < -0.4 is 5.73 Å². The number of benzene rings is 1. The number of hydrogen-bond donors (Lipinski definition) is 1. The molecule has 76 valence electrons. The Morgan fingerprint density at radius 1 is 1.40 bits per heavy atom. The highest BCUT2D eigenvalue weighted by Crippen LogP contribution is 2.16. The van der Waals surface area contributed by atoms with Crippen LogP contribution in [-0.4, -0.2) is 10.9 Å². The molecule has 0 spiro atoms. The molecule has 0 radical (unpaired) electrons. The average molecular weight is 200 g/mol. The maximum atomic E-state index is 11.2. The molecule has 1 aromatic heterocycles. The van der Waals surface area contributed by atoms with Gasteiger partial charge < -0.3 is 5.73 Å². The molecule has 0 bridgehead atoms. The van der Waals surface area contributed by atoms with Gasteiger partial charge in [-0.25, -0.2) is 0 Å². The minimum Gasteiger partial charge on any atom is -0.366 e. The third-order valence-corrected chi connectivity index (χ3v) is 2.40. The molecule has 2 rings (SSSR count). The third-order valence-electron chi connectivity index (χ3n) is 2.40. The number of amides is 1. The van der Waals surface area contributed by atoms with Crippen LogP contribution >= 0.6 is 0 Å². The topological polar surface area (TPSA) is 56.0 Å². The molecule has 0 saturated heterocycles. The molecule has 0 unspecified atom stereocenters. The Morgan fingerprint density at radius 2 is 2.13 bits per heavy atom. The van der Waals surface area contributed by atoms with Crippen LogP contribution in [0.3, 0.4) is 0 Å². The molecule has 1 amide bonds. The van der Waals surface area contributed by atoms with E-state index < -0.39 is 5.91 Å². The first-order valence-electron chi connectivity index (χ1n) is 4.91. The molecule has 3 nitrogen and oxygen atoms in total. The number of pyridine rings is 1. The van der Waals surface area contributed by atoms with Crippen LogP contribution in [0.25, 0.3) is 10.9 Å². The number of nitrogens with zero attached hydrogens (tertiary/aromatic N) is 1. The van der Waals surface area contributed by atoms with Crippen molar-refractivity contribution >= 4 is 16.8 Å². The number of carbonyl (C=O) groups excluding carboxylic acids is 1. The Balaban J connectivity index is 2.74. The summed E-state index contributed by atoms with van der Waals surface area (Å²) >= 11 is 0. The Bertz CT molecular complexity index is 520. The molecule has 15 heavy (non-hydrogen) atoms. The summed E-state index contributed by atoms with van der Waals surface area (Å²) in [6.45, 7) is 1.96. The van der Waals surface area contributed by atoms with Gasteiger partial charge in [0.1, 0.15) is 0 Å². The highest BCUT2D eigenvalue weighted by atomic mass is 16.1. The molecule has 0 aliphatic rings. The normalized spacial score (nSPS) is 10.5. The number of rotatable bonds is 2. The molecule has 2 N–H and O–H groups in total. The van der Waals surface area contributed by atoms with E-state index in [9.17, 15) is 4.79 Å². The van der Waals surface area contributed by atoms with Crippen molar-refractivity contribution in [2.24, 2.45) is 5.73 Å². The predicted octanol–water partition coefficient (Wildman–Crippen LogP) is 1.90. The van der Waals surface area contributed by atoms with E-state index in [0.717, 1.165) is 16.6 Å². The van der Waals surface area contributed by atoms with E-state index in [2.05, 4.69) is 4.98 Å². The van der Waals surface area contributed by atoms with E-state index in [4.69, 9.17) is 5.73 Å². The lowest BCUT2D eigenvalue weighted by molar-refractivity contribution is 0.0999. The van der Waals surface area contributed by atoms with Gasteiger partial charge in [0.05, 0.1) is 16.8 Å². The molecule has 0 atom stereocenters. The number of hydrogen-bond acceptors (Lipinski definition) is 2. The zero-order valence-electron chi connectivity index (χ0n) is 8.53. The average Bonchev–Trinajstić information content (AvgIpc) is 2.27. The molecule has 1 aromatic carbocycles. The molecule has 1 heterocycles. The van der Waals surface area contributed by atoms with Crippen molar-refractivity contribution in [1.29, 1.82) is 0 Å². The second-order valence-corrected chi connectivity index (χ2v) is 3.39. The van der Waals surface area contributed by atoms with E-state index in [1.807, 2.05) is 37.3 Å². The molecule has 0 aliphatic heterocycles. The summed E-state index contributed by atoms with van der Waals surface area (Å²) < 4.78 is 0. The second kappa shape index (κ2) is 3.69. The fourth-order valence-electron chi connectivity index (χ4n) is 1.64. The third kappa shape index (κ3) is 1.68. The zero-order chi connectivity index (χ0) is 10.8. The lowest BCUT2D eigenvalue weighted by Gasteiger charge is -2.05. The van der Waals surface area contributed by atoms with Crippen molar-refractivity contribution < 1.29 is 4.79 Å². The van der Waals surface area contributed by atoms with Gasteiger partial charge in [-0.1, -0.05) is 25.1 Å². The lowest BCUT2D eigenvalue weighted by Crippen LogP contribution is -2.14. The molecular formula is C12H12N2O. The second-order valence-electron chi connectivity index (χ2n) is 3.39. The minimum atomic E-state index is -0.412. The van der Waals surface area contributed by atoms with Crippen molar-refractivity contribution in [2.45, 2.75) is 13.3 Å². The Labute approximate surface area is 87.9 Å². The van der Waals surface area contributed by atoms with Crippen molar-refractivity contribution in [3.63, 3.8) is 0 Å². The highest BCUT2D eigenvalue weighted by molar-refractivity contribution is 5.97. The summed E-state index contributed by atoms with van der Waals surface area (Å²) in [4.78, 5) is 15.6. The summed E-state index contributed by atoms with van der Waals surface area (Å²) in [6, 6.07) is 9.51. The van der Waals surface area contributed by atoms with Gasteiger partial charge in [0.25, 0.3) is 5.91 Å². The summed E-state index contributed by atoms with van der Waals surface area (Å²) in [5.74, 6) is -0.412.